The van der Waals surface area contributed by atoms with E-state index in [0.717, 1.165) is 0 Å². The number of hydrogen-bond acceptors (Lipinski definition) is 5. The molecule has 0 bridgehead atoms. The van der Waals surface area contributed by atoms with Crippen LogP contribution in [0.15, 0.2) is 28.4 Å². The molecule has 24 heavy (non-hydrogen) atoms. The van der Waals surface area contributed by atoms with E-state index >= 15 is 0 Å². The van der Waals surface area contributed by atoms with Crippen LogP contribution in [0.3, 0.4) is 0 Å². The van der Waals surface area contributed by atoms with Gasteiger partial charge in [0.05, 0.1) is 18.7 Å². The van der Waals surface area contributed by atoms with E-state index in [0.29, 0.717) is 35.5 Å². The van der Waals surface area contributed by atoms with Gasteiger partial charge in [0.25, 0.3) is 5.66 Å². The maximum Gasteiger partial charge on any atom is 0.439 e. The number of likely N-dealkylation sites (tertiary alicyclic amines) is 1. The smallest absolute Gasteiger partial charge is 0.439 e. The molecule has 2 aliphatic rings. The number of methoxy groups -OCH3 is 1. The molecule has 1 aromatic carbocycles. The molecule has 0 saturated carbocycles. The lowest BCUT2D eigenvalue weighted by atomic mass is 10.00. The molecule has 1 saturated heterocycles. The average molecular weight is 362 g/mol. The quantitative estimate of drug-likeness (QED) is 0.766. The highest BCUT2D eigenvalue weighted by atomic mass is 35.5. The van der Waals surface area contributed by atoms with Crippen LogP contribution in [-0.4, -0.2) is 42.4 Å². The SMILES string of the molecule is COC(=O)c1ccc(Cl)cc1CN1CCCC1C1(C(F)(F)F)N=N1. The first kappa shape index (κ1) is 17.2. The van der Waals surface area contributed by atoms with Crippen molar-refractivity contribution < 1.29 is 22.7 Å². The van der Waals surface area contributed by atoms with Crippen molar-refractivity contribution in [2.24, 2.45) is 10.2 Å². The van der Waals surface area contributed by atoms with Crippen LogP contribution in [0.1, 0.15) is 28.8 Å². The molecule has 1 fully saturated rings. The lowest BCUT2D eigenvalue weighted by Crippen LogP contribution is -2.50. The first-order chi connectivity index (χ1) is 11.3. The van der Waals surface area contributed by atoms with Crippen LogP contribution in [-0.2, 0) is 11.3 Å². The van der Waals surface area contributed by atoms with Gasteiger partial charge in [-0.1, -0.05) is 11.6 Å². The van der Waals surface area contributed by atoms with Crippen LogP contribution in [0.4, 0.5) is 13.2 Å². The molecule has 130 valence electrons. The highest BCUT2D eigenvalue weighted by molar-refractivity contribution is 6.30. The van der Waals surface area contributed by atoms with Crippen molar-refractivity contribution >= 4 is 17.6 Å². The van der Waals surface area contributed by atoms with Gasteiger partial charge in [-0.05, 0) is 43.1 Å². The van der Waals surface area contributed by atoms with Gasteiger partial charge in [0.15, 0.2) is 0 Å². The van der Waals surface area contributed by atoms with Crippen molar-refractivity contribution in [2.45, 2.75) is 37.3 Å². The van der Waals surface area contributed by atoms with Gasteiger partial charge in [0, 0.05) is 11.6 Å². The summed E-state index contributed by atoms with van der Waals surface area (Å²) in [5, 5.41) is 7.02. The predicted octanol–water partition coefficient (Wildman–Crippen LogP) is 3.82. The second kappa shape index (κ2) is 6.00. The molecule has 5 nitrogen and oxygen atoms in total. The molecule has 9 heteroatoms. The normalized spacial score (nSPS) is 22.6. The lowest BCUT2D eigenvalue weighted by molar-refractivity contribution is -0.177. The van der Waals surface area contributed by atoms with Crippen molar-refractivity contribution in [2.75, 3.05) is 13.7 Å². The van der Waals surface area contributed by atoms with Crippen molar-refractivity contribution in [1.82, 2.24) is 4.90 Å². The van der Waals surface area contributed by atoms with Gasteiger partial charge < -0.3 is 4.74 Å². The zero-order valence-electron chi connectivity index (χ0n) is 12.8. The minimum atomic E-state index is -4.51. The Balaban J connectivity index is 1.86. The Morgan fingerprint density at radius 2 is 2.17 bits per heavy atom. The van der Waals surface area contributed by atoms with Crippen molar-refractivity contribution in [3.8, 4) is 0 Å². The van der Waals surface area contributed by atoms with E-state index in [4.69, 9.17) is 16.3 Å². The molecular formula is C15H15ClF3N3O2. The molecule has 0 N–H and O–H groups in total. The summed E-state index contributed by atoms with van der Waals surface area (Å²) in [4.78, 5) is 13.5. The van der Waals surface area contributed by atoms with Crippen LogP contribution in [0.5, 0.6) is 0 Å². The van der Waals surface area contributed by atoms with E-state index in [9.17, 15) is 18.0 Å². The van der Waals surface area contributed by atoms with E-state index < -0.39 is 23.9 Å². The third-order valence-electron chi connectivity index (χ3n) is 4.41. The highest BCUT2D eigenvalue weighted by Gasteiger charge is 2.69. The number of carbonyl (C=O) groups excluding carboxylic acids is 1. The fourth-order valence-electron chi connectivity index (χ4n) is 3.18. The van der Waals surface area contributed by atoms with Crippen molar-refractivity contribution in [1.29, 1.82) is 0 Å². The standard InChI is InChI=1S/C15H15ClF3N3O2/c1-24-13(23)11-5-4-10(16)7-9(11)8-22-6-2-3-12(22)14(20-21-14)15(17,18)19/h4-5,7,12H,2-3,6,8H2,1H3. The van der Waals surface area contributed by atoms with Gasteiger partial charge in [-0.15, -0.1) is 10.2 Å². The Morgan fingerprint density at radius 3 is 2.75 bits per heavy atom. The summed E-state index contributed by atoms with van der Waals surface area (Å²) in [6.07, 6.45) is -3.55. The summed E-state index contributed by atoms with van der Waals surface area (Å²) in [6.45, 7) is 0.624. The van der Waals surface area contributed by atoms with Gasteiger partial charge in [0.1, 0.15) is 0 Å². The fourth-order valence-corrected chi connectivity index (χ4v) is 3.38. The Kier molecular flexibility index (Phi) is 4.29. The average Bonchev–Trinajstić information content (AvgIpc) is 3.21. The molecule has 0 radical (unpaired) electrons. The maximum atomic E-state index is 13.3. The van der Waals surface area contributed by atoms with E-state index in [1.807, 2.05) is 0 Å². The first-order valence-corrected chi connectivity index (χ1v) is 7.78. The Bertz CT molecular complexity index is 687. The fraction of sp³-hybridized carbons (Fsp3) is 0.533. The number of halogens is 4. The van der Waals surface area contributed by atoms with Gasteiger partial charge in [-0.2, -0.15) is 13.2 Å². The van der Waals surface area contributed by atoms with Crippen LogP contribution in [0, 0.1) is 0 Å². The van der Waals surface area contributed by atoms with Gasteiger partial charge >= 0.3 is 12.1 Å². The molecule has 0 spiro atoms. The van der Waals surface area contributed by atoms with Crippen LogP contribution in [0.25, 0.3) is 0 Å². The highest BCUT2D eigenvalue weighted by Crippen LogP contribution is 2.51. The second-order valence-electron chi connectivity index (χ2n) is 5.85. The molecule has 2 aliphatic heterocycles. The Labute approximate surface area is 141 Å². The summed E-state index contributed by atoms with van der Waals surface area (Å²) < 4.78 is 44.6. The number of esters is 1. The van der Waals surface area contributed by atoms with E-state index in [1.165, 1.54) is 13.2 Å². The molecule has 0 amide bonds. The van der Waals surface area contributed by atoms with Crippen LogP contribution >= 0.6 is 11.6 Å². The maximum absolute atomic E-state index is 13.3. The lowest BCUT2D eigenvalue weighted by Gasteiger charge is -2.30. The molecule has 1 unspecified atom stereocenters. The predicted molar refractivity (Wildman–Crippen MR) is 79.9 cm³/mol. The largest absolute Gasteiger partial charge is 0.465 e. The van der Waals surface area contributed by atoms with Crippen molar-refractivity contribution in [3.05, 3.63) is 34.3 Å². The van der Waals surface area contributed by atoms with Gasteiger partial charge in [-0.25, -0.2) is 4.79 Å². The van der Waals surface area contributed by atoms with E-state index in [1.54, 1.807) is 17.0 Å². The number of ether oxygens (including phenoxy) is 1. The minimum Gasteiger partial charge on any atom is -0.465 e. The van der Waals surface area contributed by atoms with Crippen molar-refractivity contribution in [3.63, 3.8) is 0 Å². The third-order valence-corrected chi connectivity index (χ3v) is 4.64. The van der Waals surface area contributed by atoms with Gasteiger partial charge in [0.2, 0.25) is 0 Å². The number of nitrogens with zero attached hydrogens (tertiary/aromatic N) is 3. The Hall–Kier alpha value is -1.67. The van der Waals surface area contributed by atoms with Crippen LogP contribution in [0.2, 0.25) is 5.02 Å². The molecule has 0 aromatic heterocycles. The molecule has 1 atom stereocenters. The number of alkyl halides is 3. The monoisotopic (exact) mass is 361 g/mol. The number of carbonyl (C=O) groups is 1. The third kappa shape index (κ3) is 2.88. The molecule has 2 heterocycles. The van der Waals surface area contributed by atoms with E-state index in [-0.39, 0.29) is 6.54 Å². The van der Waals surface area contributed by atoms with E-state index in [2.05, 4.69) is 10.2 Å². The zero-order valence-corrected chi connectivity index (χ0v) is 13.6. The molecule has 0 aliphatic carbocycles. The topological polar surface area (TPSA) is 54.3 Å². The molecule has 1 aromatic rings. The Morgan fingerprint density at radius 1 is 1.46 bits per heavy atom. The van der Waals surface area contributed by atoms with Crippen LogP contribution < -0.4 is 0 Å². The number of rotatable bonds is 4. The first-order valence-electron chi connectivity index (χ1n) is 7.40. The summed E-state index contributed by atoms with van der Waals surface area (Å²) in [7, 11) is 1.25. The molecule has 3 rings (SSSR count). The summed E-state index contributed by atoms with van der Waals surface area (Å²) in [5.41, 5.74) is -1.51. The number of hydrogen-bond donors (Lipinski definition) is 0. The summed E-state index contributed by atoms with van der Waals surface area (Å²) >= 11 is 5.97. The number of benzene rings is 1. The zero-order chi connectivity index (χ0) is 17.5. The second-order valence-corrected chi connectivity index (χ2v) is 6.28. The summed E-state index contributed by atoms with van der Waals surface area (Å²) in [5.74, 6) is -0.552. The van der Waals surface area contributed by atoms with Gasteiger partial charge in [-0.3, -0.25) is 4.90 Å². The molecular weight excluding hydrogens is 347 g/mol. The summed E-state index contributed by atoms with van der Waals surface area (Å²) in [6, 6.07) is 3.77. The minimum absolute atomic E-state index is 0.151.